The van der Waals surface area contributed by atoms with E-state index in [0.717, 1.165) is 27.4 Å². The largest absolute Gasteiger partial charge is 0.462 e. The zero-order chi connectivity index (χ0) is 17.2. The molecule has 1 N–H and O–H groups in total. The SMILES string of the molecule is N#Cc1cc(NCc2csc(-c3ccco3)n2)nc2ccc(Cl)cc12. The summed E-state index contributed by atoms with van der Waals surface area (Å²) in [4.78, 5) is 9.07. The minimum Gasteiger partial charge on any atom is -0.462 e. The standard InChI is InChI=1S/C18H11ClN4OS/c19-12-3-4-15-14(7-12)11(8-20)6-17(23-15)21-9-13-10-25-18(22-13)16-2-1-5-24-16/h1-7,10H,9H2,(H,21,23). The Labute approximate surface area is 152 Å². The highest BCUT2D eigenvalue weighted by atomic mass is 35.5. The molecule has 0 amide bonds. The van der Waals surface area contributed by atoms with Crippen LogP contribution < -0.4 is 5.32 Å². The van der Waals surface area contributed by atoms with Crippen LogP contribution in [0.3, 0.4) is 0 Å². The van der Waals surface area contributed by atoms with E-state index in [1.807, 2.05) is 23.6 Å². The monoisotopic (exact) mass is 366 g/mol. The lowest BCUT2D eigenvalue weighted by Crippen LogP contribution is -2.02. The zero-order valence-electron chi connectivity index (χ0n) is 12.9. The molecule has 0 fully saturated rings. The van der Waals surface area contributed by atoms with Crippen molar-refractivity contribution in [2.24, 2.45) is 0 Å². The molecule has 3 heterocycles. The topological polar surface area (TPSA) is 74.7 Å². The van der Waals surface area contributed by atoms with Gasteiger partial charge in [-0.05, 0) is 36.4 Å². The second-order valence-corrected chi connectivity index (χ2v) is 6.60. The molecule has 0 aliphatic heterocycles. The first-order valence-electron chi connectivity index (χ1n) is 7.45. The number of thiazole rings is 1. The molecule has 0 atom stereocenters. The molecule has 25 heavy (non-hydrogen) atoms. The normalized spacial score (nSPS) is 10.7. The lowest BCUT2D eigenvalue weighted by Gasteiger charge is -2.07. The molecule has 0 aliphatic rings. The maximum Gasteiger partial charge on any atom is 0.162 e. The van der Waals surface area contributed by atoms with Gasteiger partial charge < -0.3 is 9.73 Å². The molecule has 5 nitrogen and oxygen atoms in total. The molecule has 3 aromatic heterocycles. The summed E-state index contributed by atoms with van der Waals surface area (Å²) in [5.41, 5.74) is 2.14. The van der Waals surface area contributed by atoms with Crippen LogP contribution in [0.4, 0.5) is 5.82 Å². The number of aromatic nitrogens is 2. The quantitative estimate of drug-likeness (QED) is 0.544. The summed E-state index contributed by atoms with van der Waals surface area (Å²) in [5.74, 6) is 1.38. The van der Waals surface area contributed by atoms with E-state index in [9.17, 15) is 5.26 Å². The van der Waals surface area contributed by atoms with Gasteiger partial charge in [0.2, 0.25) is 0 Å². The number of hydrogen-bond acceptors (Lipinski definition) is 6. The van der Waals surface area contributed by atoms with Gasteiger partial charge in [-0.25, -0.2) is 9.97 Å². The number of pyridine rings is 1. The van der Waals surface area contributed by atoms with E-state index in [1.54, 1.807) is 24.5 Å². The summed E-state index contributed by atoms with van der Waals surface area (Å²) in [7, 11) is 0. The number of nitrogens with one attached hydrogen (secondary N) is 1. The molecule has 0 radical (unpaired) electrons. The molecule has 7 heteroatoms. The van der Waals surface area contributed by atoms with Crippen LogP contribution in [0.1, 0.15) is 11.3 Å². The van der Waals surface area contributed by atoms with E-state index in [0.29, 0.717) is 22.9 Å². The molecular formula is C18H11ClN4OS. The Hall–Kier alpha value is -2.88. The molecular weight excluding hydrogens is 356 g/mol. The van der Waals surface area contributed by atoms with Gasteiger partial charge in [0.15, 0.2) is 10.8 Å². The predicted octanol–water partition coefficient (Wildman–Crippen LogP) is 5.09. The number of hydrogen-bond donors (Lipinski definition) is 1. The maximum absolute atomic E-state index is 9.38. The number of rotatable bonds is 4. The lowest BCUT2D eigenvalue weighted by molar-refractivity contribution is 0.581. The third-order valence-electron chi connectivity index (χ3n) is 3.63. The zero-order valence-corrected chi connectivity index (χ0v) is 14.4. The number of furan rings is 1. The van der Waals surface area contributed by atoms with E-state index in [4.69, 9.17) is 16.0 Å². The Morgan fingerprint density at radius 2 is 2.16 bits per heavy atom. The fraction of sp³-hybridized carbons (Fsp3) is 0.0556. The van der Waals surface area contributed by atoms with Crippen LogP contribution in [-0.2, 0) is 6.54 Å². The van der Waals surface area contributed by atoms with Crippen molar-refractivity contribution in [2.45, 2.75) is 6.54 Å². The van der Waals surface area contributed by atoms with E-state index in [2.05, 4.69) is 21.4 Å². The van der Waals surface area contributed by atoms with Crippen LogP contribution in [0, 0.1) is 11.3 Å². The van der Waals surface area contributed by atoms with Gasteiger partial charge in [-0.2, -0.15) is 5.26 Å². The minimum absolute atomic E-state index is 0.508. The van der Waals surface area contributed by atoms with Gasteiger partial charge >= 0.3 is 0 Å². The summed E-state index contributed by atoms with van der Waals surface area (Å²) < 4.78 is 5.35. The molecule has 4 rings (SSSR count). The van der Waals surface area contributed by atoms with Crippen molar-refractivity contribution in [1.29, 1.82) is 5.26 Å². The first kappa shape index (κ1) is 15.6. The number of fused-ring (bicyclic) bond motifs is 1. The average molecular weight is 367 g/mol. The Bertz CT molecular complexity index is 1080. The third-order valence-corrected chi connectivity index (χ3v) is 4.77. The Balaban J connectivity index is 1.57. The van der Waals surface area contributed by atoms with Crippen molar-refractivity contribution in [3.8, 4) is 16.8 Å². The van der Waals surface area contributed by atoms with Crippen LogP contribution in [0.15, 0.2) is 52.5 Å². The Kier molecular flexibility index (Phi) is 4.10. The Morgan fingerprint density at radius 1 is 1.24 bits per heavy atom. The smallest absolute Gasteiger partial charge is 0.162 e. The molecule has 4 aromatic rings. The van der Waals surface area contributed by atoms with Crippen molar-refractivity contribution in [3.63, 3.8) is 0 Å². The molecule has 0 bridgehead atoms. The number of anilines is 1. The highest BCUT2D eigenvalue weighted by molar-refractivity contribution is 7.13. The van der Waals surface area contributed by atoms with Crippen molar-refractivity contribution < 1.29 is 4.42 Å². The number of halogens is 1. The van der Waals surface area contributed by atoms with Crippen LogP contribution in [0.5, 0.6) is 0 Å². The van der Waals surface area contributed by atoms with E-state index < -0.39 is 0 Å². The van der Waals surface area contributed by atoms with Crippen molar-refractivity contribution in [3.05, 3.63) is 64.3 Å². The van der Waals surface area contributed by atoms with E-state index >= 15 is 0 Å². The highest BCUT2D eigenvalue weighted by Crippen LogP contribution is 2.26. The summed E-state index contributed by atoms with van der Waals surface area (Å²) in [5, 5.41) is 16.7. The second-order valence-electron chi connectivity index (χ2n) is 5.30. The molecule has 0 unspecified atom stereocenters. The van der Waals surface area contributed by atoms with Crippen LogP contribution in [-0.4, -0.2) is 9.97 Å². The summed E-state index contributed by atoms with van der Waals surface area (Å²) >= 11 is 7.53. The minimum atomic E-state index is 0.508. The van der Waals surface area contributed by atoms with E-state index in [1.165, 1.54) is 11.3 Å². The second kappa shape index (κ2) is 6.55. The molecule has 0 saturated heterocycles. The third kappa shape index (κ3) is 3.20. The van der Waals surface area contributed by atoms with Gasteiger partial charge in [-0.3, -0.25) is 0 Å². The maximum atomic E-state index is 9.38. The fourth-order valence-corrected chi connectivity index (χ4v) is 3.42. The van der Waals surface area contributed by atoms with Crippen molar-refractivity contribution in [1.82, 2.24) is 9.97 Å². The molecule has 122 valence electrons. The summed E-state index contributed by atoms with van der Waals surface area (Å²) in [6.07, 6.45) is 1.63. The van der Waals surface area contributed by atoms with E-state index in [-0.39, 0.29) is 0 Å². The lowest BCUT2D eigenvalue weighted by atomic mass is 10.1. The number of nitriles is 1. The van der Waals surface area contributed by atoms with Gasteiger partial charge in [0.25, 0.3) is 0 Å². The van der Waals surface area contributed by atoms with Gasteiger partial charge in [0.1, 0.15) is 5.82 Å². The molecule has 0 saturated carbocycles. The first-order valence-corrected chi connectivity index (χ1v) is 8.71. The van der Waals surface area contributed by atoms with Crippen LogP contribution >= 0.6 is 22.9 Å². The van der Waals surface area contributed by atoms with Crippen LogP contribution in [0.2, 0.25) is 5.02 Å². The highest BCUT2D eigenvalue weighted by Gasteiger charge is 2.09. The predicted molar refractivity (Wildman–Crippen MR) is 98.6 cm³/mol. The number of nitrogens with zero attached hydrogens (tertiary/aromatic N) is 3. The average Bonchev–Trinajstić information content (AvgIpc) is 3.30. The Morgan fingerprint density at radius 3 is 2.96 bits per heavy atom. The summed E-state index contributed by atoms with van der Waals surface area (Å²) in [6, 6.07) is 13.0. The van der Waals surface area contributed by atoms with Gasteiger partial charge in [0, 0.05) is 15.8 Å². The summed E-state index contributed by atoms with van der Waals surface area (Å²) in [6.45, 7) is 0.508. The van der Waals surface area contributed by atoms with Gasteiger partial charge in [-0.15, -0.1) is 11.3 Å². The van der Waals surface area contributed by atoms with Crippen LogP contribution in [0.25, 0.3) is 21.7 Å². The molecule has 0 aliphatic carbocycles. The fourth-order valence-electron chi connectivity index (χ4n) is 2.46. The van der Waals surface area contributed by atoms with Crippen molar-refractivity contribution >= 4 is 39.7 Å². The van der Waals surface area contributed by atoms with Gasteiger partial charge in [0.05, 0.1) is 35.7 Å². The first-order chi connectivity index (χ1) is 12.2. The number of benzene rings is 1. The van der Waals surface area contributed by atoms with Crippen molar-refractivity contribution in [2.75, 3.05) is 5.32 Å². The molecule has 1 aromatic carbocycles. The molecule has 0 spiro atoms. The van der Waals surface area contributed by atoms with Gasteiger partial charge in [-0.1, -0.05) is 11.6 Å².